The zero-order chi connectivity index (χ0) is 47.7. The fourth-order valence-corrected chi connectivity index (χ4v) is 7.90. The van der Waals surface area contributed by atoms with Gasteiger partial charge in [-0.25, -0.2) is 23.4 Å². The molecular weight excluding hydrogens is 906 g/mol. The van der Waals surface area contributed by atoms with E-state index >= 15 is 4.79 Å². The third-order valence-electron chi connectivity index (χ3n) is 11.2. The van der Waals surface area contributed by atoms with Gasteiger partial charge >= 0.3 is 12.2 Å². The highest BCUT2D eigenvalue weighted by Gasteiger charge is 2.48. The average Bonchev–Trinajstić information content (AvgIpc) is 4.16. The lowest BCUT2D eigenvalue weighted by Crippen LogP contribution is -2.60. The van der Waals surface area contributed by atoms with Crippen molar-refractivity contribution in [3.05, 3.63) is 103 Å². The number of carbonyl (C=O) groups is 3. The number of pyridine rings is 1. The van der Waals surface area contributed by atoms with E-state index in [2.05, 4.69) is 9.82 Å². The van der Waals surface area contributed by atoms with Crippen LogP contribution in [0, 0.1) is 28.7 Å². The molecule has 1 saturated heterocycles. The molecule has 21 heteroatoms. The molecule has 3 aromatic rings. The Hall–Kier alpha value is -5.83. The number of aromatic nitrogens is 1. The lowest BCUT2D eigenvalue weighted by atomic mass is 9.82. The summed E-state index contributed by atoms with van der Waals surface area (Å²) in [6.45, 7) is 4.93. The van der Waals surface area contributed by atoms with Crippen molar-refractivity contribution in [2.45, 2.75) is 77.0 Å². The quantitative estimate of drug-likeness (QED) is 0.0260. The number of hydrogen-bond donors (Lipinski definition) is 0. The topological polar surface area (TPSA) is 197 Å². The van der Waals surface area contributed by atoms with Crippen LogP contribution in [0.5, 0.6) is 11.6 Å². The molecule has 67 heavy (non-hydrogen) atoms. The lowest BCUT2D eigenvalue weighted by Gasteiger charge is -2.47. The van der Waals surface area contributed by atoms with Crippen molar-refractivity contribution in [2.75, 3.05) is 79.3 Å². The summed E-state index contributed by atoms with van der Waals surface area (Å²) in [7, 11) is 0. The normalized spacial score (nSPS) is 16.6. The molecule has 2 atom stereocenters. The number of benzene rings is 2. The van der Waals surface area contributed by atoms with Gasteiger partial charge in [-0.1, -0.05) is 35.9 Å². The second kappa shape index (κ2) is 25.3. The number of rotatable bonds is 26. The molecule has 2 unspecified atom stereocenters. The molecule has 2 aromatic carbocycles. The molecule has 18 nitrogen and oxygen atoms in total. The summed E-state index contributed by atoms with van der Waals surface area (Å²) in [6, 6.07) is 10.1. The number of nitrogens with zero attached hydrogens (tertiary/aromatic N) is 4. The Balaban J connectivity index is 1.18. The number of aryl methyl sites for hydroxylation is 1. The fraction of sp³-hybridized carbons (Fsp3) is 0.522. The number of fused-ring (bicyclic) bond motifs is 2. The largest absolute Gasteiger partial charge is 0.508 e. The van der Waals surface area contributed by atoms with Gasteiger partial charge < -0.3 is 47.6 Å². The van der Waals surface area contributed by atoms with Gasteiger partial charge in [0, 0.05) is 42.9 Å². The Morgan fingerprint density at radius 3 is 2.36 bits per heavy atom. The number of amides is 2. The van der Waals surface area contributed by atoms with E-state index in [0.29, 0.717) is 37.3 Å². The monoisotopic (exact) mass is 960 g/mol. The molecule has 0 N–H and O–H groups in total. The molecule has 2 amide bonds. The van der Waals surface area contributed by atoms with Gasteiger partial charge in [-0.3, -0.25) is 9.69 Å². The van der Waals surface area contributed by atoms with Gasteiger partial charge in [-0.2, -0.15) is 0 Å². The lowest BCUT2D eigenvalue weighted by molar-refractivity contribution is -0.758. The summed E-state index contributed by atoms with van der Waals surface area (Å²) in [6.07, 6.45) is 3.44. The van der Waals surface area contributed by atoms with Crippen molar-refractivity contribution in [3.63, 3.8) is 0 Å². The van der Waals surface area contributed by atoms with Crippen molar-refractivity contribution in [1.82, 2.24) is 14.8 Å². The van der Waals surface area contributed by atoms with Crippen LogP contribution >= 0.6 is 11.6 Å². The molecule has 0 radical (unpaired) electrons. The molecular formula is C46H55ClF2N4O14. The van der Waals surface area contributed by atoms with Gasteiger partial charge in [-0.15, -0.1) is 10.1 Å². The van der Waals surface area contributed by atoms with E-state index in [-0.39, 0.29) is 103 Å². The van der Waals surface area contributed by atoms with Crippen LogP contribution in [0.2, 0.25) is 5.02 Å². The first-order valence-electron chi connectivity index (χ1n) is 22.2. The summed E-state index contributed by atoms with van der Waals surface area (Å²) in [4.78, 5) is 63.4. The second-order valence-corrected chi connectivity index (χ2v) is 16.1. The number of hydrogen-bond acceptors (Lipinski definition) is 15. The average molecular weight is 961 g/mol. The number of ether oxygens (including phenoxy) is 8. The fourth-order valence-electron chi connectivity index (χ4n) is 7.69. The van der Waals surface area contributed by atoms with Crippen LogP contribution in [0.3, 0.4) is 0 Å². The molecule has 6 rings (SSSR count). The van der Waals surface area contributed by atoms with E-state index in [0.717, 1.165) is 52.8 Å². The first-order valence-corrected chi connectivity index (χ1v) is 22.6. The van der Waals surface area contributed by atoms with Crippen molar-refractivity contribution in [3.8, 4) is 11.6 Å². The third-order valence-corrected chi connectivity index (χ3v) is 11.5. The van der Waals surface area contributed by atoms with Crippen molar-refractivity contribution in [2.24, 2.45) is 0 Å². The van der Waals surface area contributed by atoms with Crippen molar-refractivity contribution in [1.29, 1.82) is 0 Å². The molecule has 3 heterocycles. The Bertz CT molecular complexity index is 2200. The minimum atomic E-state index is -0.921. The maximum atomic E-state index is 15.2. The van der Waals surface area contributed by atoms with Gasteiger partial charge in [0.25, 0.3) is 11.0 Å². The predicted octanol–water partition coefficient (Wildman–Crippen LogP) is 7.07. The number of morpholine rings is 1. The van der Waals surface area contributed by atoms with Crippen LogP contribution < -0.4 is 9.47 Å². The molecule has 0 spiro atoms. The molecule has 2 aliphatic heterocycles. The molecule has 1 saturated carbocycles. The molecule has 3 aliphatic rings. The van der Waals surface area contributed by atoms with Crippen molar-refractivity contribution >= 4 is 35.3 Å². The Kier molecular flexibility index (Phi) is 19.1. The zero-order valence-electron chi connectivity index (χ0n) is 37.4. The molecule has 2 bridgehead atoms. The van der Waals surface area contributed by atoms with Gasteiger partial charge in [0.2, 0.25) is 5.88 Å². The van der Waals surface area contributed by atoms with Crippen LogP contribution in [0.15, 0.2) is 54.2 Å². The summed E-state index contributed by atoms with van der Waals surface area (Å²) < 4.78 is 71.8. The highest BCUT2D eigenvalue weighted by molar-refractivity contribution is 6.32. The molecule has 1 aliphatic carbocycles. The summed E-state index contributed by atoms with van der Waals surface area (Å²) in [5.74, 6) is -1.74. The van der Waals surface area contributed by atoms with Crippen LogP contribution in [-0.2, 0) is 51.0 Å². The summed E-state index contributed by atoms with van der Waals surface area (Å²) in [5.41, 5.74) is 4.46. The predicted molar refractivity (Wildman–Crippen MR) is 235 cm³/mol. The Labute approximate surface area is 391 Å². The minimum Gasteiger partial charge on any atom is -0.489 e. The highest BCUT2D eigenvalue weighted by atomic mass is 35.5. The van der Waals surface area contributed by atoms with E-state index in [1.165, 1.54) is 0 Å². The Morgan fingerprint density at radius 2 is 1.60 bits per heavy atom. The Morgan fingerprint density at radius 1 is 0.881 bits per heavy atom. The minimum absolute atomic E-state index is 0.0302. The van der Waals surface area contributed by atoms with Crippen LogP contribution in [0.1, 0.15) is 61.3 Å². The molecule has 1 aromatic heterocycles. The third kappa shape index (κ3) is 14.3. The van der Waals surface area contributed by atoms with E-state index in [1.807, 2.05) is 49.1 Å². The number of carbonyl (C=O) groups excluding carboxylic acids is 3. The smallest absolute Gasteiger partial charge is 0.489 e. The maximum Gasteiger partial charge on any atom is 0.508 e. The van der Waals surface area contributed by atoms with Crippen LogP contribution in [0.25, 0.3) is 5.57 Å². The highest BCUT2D eigenvalue weighted by Crippen LogP contribution is 2.41. The van der Waals surface area contributed by atoms with Crippen LogP contribution in [0.4, 0.5) is 18.4 Å². The maximum absolute atomic E-state index is 15.2. The van der Waals surface area contributed by atoms with Crippen LogP contribution in [-0.4, -0.2) is 135 Å². The summed E-state index contributed by atoms with van der Waals surface area (Å²) in [5, 5.41) is 9.10. The summed E-state index contributed by atoms with van der Waals surface area (Å²) >= 11 is 5.92. The van der Waals surface area contributed by atoms with Gasteiger partial charge in [0.15, 0.2) is 11.6 Å². The van der Waals surface area contributed by atoms with E-state index in [1.54, 1.807) is 11.1 Å². The standard InChI is InChI=1S/C46H55ClF2N4O14/c1-3-59-20-24-66-46(56)65-19-5-18-63-43-30(2)33(15-16-50-43)27-51(34-11-12-34)44(54)40-36(26-35-28-61-29-39(40)52(35)45(55)64-23-21-60-22-25-67-53(57)58)32-9-7-31(8-10-32)6-4-17-62-42-38(49)14-13-37(48)41(42)47/h7-10,13-16,34-35,39H,3-6,11-12,17-29H2,1-2H3. The zero-order valence-corrected chi connectivity index (χ0v) is 38.2. The van der Waals surface area contributed by atoms with Gasteiger partial charge in [0.1, 0.15) is 30.7 Å². The second-order valence-electron chi connectivity index (χ2n) is 15.7. The van der Waals surface area contributed by atoms with E-state index in [4.69, 9.17) is 49.5 Å². The van der Waals surface area contributed by atoms with Gasteiger partial charge in [0.05, 0.1) is 64.9 Å². The van der Waals surface area contributed by atoms with Crippen molar-refractivity contribution < 1.29 is 71.0 Å². The van der Waals surface area contributed by atoms with E-state index in [9.17, 15) is 28.5 Å². The molecule has 364 valence electrons. The van der Waals surface area contributed by atoms with Gasteiger partial charge in [-0.05, 0) is 86.4 Å². The first-order chi connectivity index (χ1) is 32.5. The van der Waals surface area contributed by atoms with E-state index < -0.39 is 46.1 Å². The first kappa shape index (κ1) is 50.6. The SMILES string of the molecule is CCOCCOC(=O)OCCCOc1nccc(CN(C(=O)C2=C(c3ccc(CCCOc4c(F)ccc(F)c4Cl)cc3)CC3COCC2N3C(=O)OCCOCCO[N+](=O)[O-])C2CC2)c1C. The number of halogens is 3. The molecule has 2 fully saturated rings.